The molecule has 0 heterocycles. The molecule has 0 bridgehead atoms. The van der Waals surface area contributed by atoms with Gasteiger partial charge >= 0.3 is 11.9 Å². The molecule has 0 saturated carbocycles. The maximum absolute atomic E-state index is 9.90. The van der Waals surface area contributed by atoms with Crippen LogP contribution in [0, 0.1) is 0 Å². The van der Waals surface area contributed by atoms with Crippen LogP contribution in [0.5, 0.6) is 0 Å². The molecular formula is C29H58O4. The minimum Gasteiger partial charge on any atom is -0.481 e. The van der Waals surface area contributed by atoms with Gasteiger partial charge in [-0.15, -0.1) is 0 Å². The van der Waals surface area contributed by atoms with Crippen LogP contribution >= 0.6 is 0 Å². The summed E-state index contributed by atoms with van der Waals surface area (Å²) >= 11 is 0. The summed E-state index contributed by atoms with van der Waals surface area (Å²) in [5, 5.41) is 16.3. The zero-order valence-corrected chi connectivity index (χ0v) is 22.4. The van der Waals surface area contributed by atoms with Crippen LogP contribution in [0.1, 0.15) is 174 Å². The van der Waals surface area contributed by atoms with Gasteiger partial charge in [-0.25, -0.2) is 0 Å². The van der Waals surface area contributed by atoms with Crippen LogP contribution < -0.4 is 0 Å². The first-order valence-corrected chi connectivity index (χ1v) is 14.5. The Bertz CT molecular complexity index is 359. The lowest BCUT2D eigenvalue weighted by Gasteiger charge is -2.04. The monoisotopic (exact) mass is 470 g/mol. The van der Waals surface area contributed by atoms with Gasteiger partial charge in [0, 0.05) is 12.8 Å². The largest absolute Gasteiger partial charge is 0.481 e. The smallest absolute Gasteiger partial charge is 0.303 e. The average Bonchev–Trinajstić information content (AvgIpc) is 2.78. The van der Waals surface area contributed by atoms with Crippen molar-refractivity contribution < 1.29 is 19.8 Å². The summed E-state index contributed by atoms with van der Waals surface area (Å²) in [5.41, 5.74) is 0. The summed E-state index contributed by atoms with van der Waals surface area (Å²) in [6.45, 7) is 4.60. The van der Waals surface area contributed by atoms with E-state index < -0.39 is 11.9 Å². The number of carboxylic acids is 2. The number of aliphatic carboxylic acids is 2. The van der Waals surface area contributed by atoms with E-state index in [1.54, 1.807) is 0 Å². The normalized spacial score (nSPS) is 10.6. The van der Waals surface area contributed by atoms with Gasteiger partial charge in [0.1, 0.15) is 0 Å². The van der Waals surface area contributed by atoms with E-state index in [1.165, 1.54) is 135 Å². The molecular weight excluding hydrogens is 412 g/mol. The summed E-state index contributed by atoms with van der Waals surface area (Å²) in [5.74, 6) is -1.74. The molecule has 0 atom stereocenters. The molecule has 0 amide bonds. The molecule has 0 aromatic rings. The van der Waals surface area contributed by atoms with Gasteiger partial charge in [0.15, 0.2) is 0 Å². The zero-order chi connectivity index (χ0) is 24.8. The minimum atomic E-state index is -0.870. The van der Waals surface area contributed by atoms with Gasteiger partial charge in [0.2, 0.25) is 0 Å². The Morgan fingerprint density at radius 1 is 0.364 bits per heavy atom. The van der Waals surface area contributed by atoms with Crippen molar-refractivity contribution in [3.05, 3.63) is 0 Å². The maximum atomic E-state index is 9.90. The molecule has 0 aromatic carbocycles. The van der Waals surface area contributed by atoms with E-state index in [-0.39, 0.29) is 12.8 Å². The van der Waals surface area contributed by atoms with Gasteiger partial charge in [-0.05, 0) is 12.8 Å². The van der Waals surface area contributed by atoms with Crippen LogP contribution in [0.25, 0.3) is 0 Å². The lowest BCUT2D eigenvalue weighted by atomic mass is 10.0. The molecule has 4 nitrogen and oxygen atoms in total. The molecule has 198 valence electrons. The molecule has 0 aliphatic rings. The Balaban J connectivity index is 0. The van der Waals surface area contributed by atoms with Crippen molar-refractivity contribution >= 4 is 11.9 Å². The number of unbranched alkanes of at least 4 members (excludes halogenated alkanes) is 21. The van der Waals surface area contributed by atoms with Crippen LogP contribution in [0.3, 0.4) is 0 Å². The SMILES string of the molecule is CCCCCCCCCCCCCCCCCCCCCCC.O=C(O)CCCCC(=O)O. The standard InChI is InChI=1S/C23H48.C6H10O4/c1-3-5-7-9-11-13-15-17-19-21-23-22-20-18-16-14-12-10-8-6-4-2;7-5(8)3-1-2-4-6(9)10/h3-23H2,1-2H3;1-4H2,(H,7,8)(H,9,10). The highest BCUT2D eigenvalue weighted by Gasteiger charge is 1.99. The minimum absolute atomic E-state index is 0.0628. The molecule has 33 heavy (non-hydrogen) atoms. The topological polar surface area (TPSA) is 74.6 Å². The first kappa shape index (κ1) is 34.1. The highest BCUT2D eigenvalue weighted by Crippen LogP contribution is 2.14. The van der Waals surface area contributed by atoms with Gasteiger partial charge in [-0.2, -0.15) is 0 Å². The molecule has 2 N–H and O–H groups in total. The second kappa shape index (κ2) is 30.9. The summed E-state index contributed by atoms with van der Waals surface area (Å²) in [7, 11) is 0. The van der Waals surface area contributed by atoms with Crippen molar-refractivity contribution in [2.45, 2.75) is 174 Å². The van der Waals surface area contributed by atoms with Crippen molar-refractivity contribution in [2.24, 2.45) is 0 Å². The number of carbonyl (C=O) groups is 2. The fraction of sp³-hybridized carbons (Fsp3) is 0.931. The predicted molar refractivity (Wildman–Crippen MR) is 142 cm³/mol. The third kappa shape index (κ3) is 38.5. The number of hydrogen-bond donors (Lipinski definition) is 2. The molecule has 0 fully saturated rings. The van der Waals surface area contributed by atoms with Gasteiger partial charge < -0.3 is 10.2 Å². The van der Waals surface area contributed by atoms with E-state index in [0.717, 1.165) is 0 Å². The van der Waals surface area contributed by atoms with Crippen LogP contribution in [-0.2, 0) is 9.59 Å². The van der Waals surface area contributed by atoms with Crippen molar-refractivity contribution in [1.82, 2.24) is 0 Å². The summed E-state index contributed by atoms with van der Waals surface area (Å²) in [6.07, 6.45) is 31.9. The summed E-state index contributed by atoms with van der Waals surface area (Å²) < 4.78 is 0. The zero-order valence-electron chi connectivity index (χ0n) is 22.4. The lowest BCUT2D eigenvalue weighted by molar-refractivity contribution is -0.139. The van der Waals surface area contributed by atoms with Crippen LogP contribution in [0.15, 0.2) is 0 Å². The highest BCUT2D eigenvalue weighted by molar-refractivity contribution is 5.67. The van der Waals surface area contributed by atoms with Crippen molar-refractivity contribution in [3.63, 3.8) is 0 Å². The molecule has 0 aliphatic heterocycles. The van der Waals surface area contributed by atoms with E-state index in [9.17, 15) is 9.59 Å². The molecule has 0 rings (SSSR count). The molecule has 4 heteroatoms. The number of hydrogen-bond acceptors (Lipinski definition) is 2. The Morgan fingerprint density at radius 3 is 0.697 bits per heavy atom. The van der Waals surface area contributed by atoms with Crippen molar-refractivity contribution in [1.29, 1.82) is 0 Å². The van der Waals surface area contributed by atoms with E-state index >= 15 is 0 Å². The Labute approximate surface area is 206 Å². The summed E-state index contributed by atoms with van der Waals surface area (Å²) in [6, 6.07) is 0. The fourth-order valence-corrected chi connectivity index (χ4v) is 4.06. The van der Waals surface area contributed by atoms with Crippen LogP contribution in [0.4, 0.5) is 0 Å². The number of rotatable bonds is 25. The predicted octanol–water partition coefficient (Wildman–Crippen LogP) is 9.93. The maximum Gasteiger partial charge on any atom is 0.303 e. The molecule has 0 spiro atoms. The van der Waals surface area contributed by atoms with E-state index in [1.807, 2.05) is 0 Å². The second-order valence-electron chi connectivity index (χ2n) is 9.71. The summed E-state index contributed by atoms with van der Waals surface area (Å²) in [4.78, 5) is 19.8. The molecule has 0 saturated heterocycles. The Hall–Kier alpha value is -1.06. The third-order valence-electron chi connectivity index (χ3n) is 6.24. The first-order chi connectivity index (χ1) is 16.0. The van der Waals surface area contributed by atoms with Gasteiger partial charge in [-0.1, -0.05) is 149 Å². The molecule has 0 unspecified atom stereocenters. The molecule has 0 radical (unpaired) electrons. The van der Waals surface area contributed by atoms with E-state index in [2.05, 4.69) is 13.8 Å². The van der Waals surface area contributed by atoms with E-state index in [0.29, 0.717) is 12.8 Å². The second-order valence-corrected chi connectivity index (χ2v) is 9.71. The molecule has 0 aromatic heterocycles. The highest BCUT2D eigenvalue weighted by atomic mass is 16.4. The lowest BCUT2D eigenvalue weighted by Crippen LogP contribution is -1.97. The van der Waals surface area contributed by atoms with Gasteiger partial charge in [-0.3, -0.25) is 9.59 Å². The Kier molecular flexibility index (Phi) is 32.0. The van der Waals surface area contributed by atoms with Crippen LogP contribution in [-0.4, -0.2) is 22.2 Å². The number of carboxylic acid groups (broad SMARTS) is 2. The Morgan fingerprint density at radius 2 is 0.545 bits per heavy atom. The average molecular weight is 471 g/mol. The van der Waals surface area contributed by atoms with Crippen LogP contribution in [0.2, 0.25) is 0 Å². The van der Waals surface area contributed by atoms with Crippen molar-refractivity contribution in [3.8, 4) is 0 Å². The fourth-order valence-electron chi connectivity index (χ4n) is 4.06. The van der Waals surface area contributed by atoms with E-state index in [4.69, 9.17) is 10.2 Å². The molecule has 0 aliphatic carbocycles. The quantitative estimate of drug-likeness (QED) is 0.130. The first-order valence-electron chi connectivity index (χ1n) is 14.5. The van der Waals surface area contributed by atoms with Gasteiger partial charge in [0.05, 0.1) is 0 Å². The third-order valence-corrected chi connectivity index (χ3v) is 6.24. The van der Waals surface area contributed by atoms with Gasteiger partial charge in [0.25, 0.3) is 0 Å². The van der Waals surface area contributed by atoms with Crippen molar-refractivity contribution in [2.75, 3.05) is 0 Å².